The van der Waals surface area contributed by atoms with Crippen LogP contribution in [0, 0.1) is 46.3 Å². The monoisotopic (exact) mass is 1800 g/mol. The number of phosphoric ester groups is 2. The number of likely N-dealkylation sites (N-methyl/N-ethyl adjacent to an activating group) is 2. The summed E-state index contributed by atoms with van der Waals surface area (Å²) in [6.45, 7) is 21.0. The molecule has 0 aromatic rings. The highest BCUT2D eigenvalue weighted by Gasteiger charge is 2.59. The van der Waals surface area contributed by atoms with Crippen molar-refractivity contribution in [3.05, 3.63) is 11.6 Å². The Labute approximate surface area is 762 Å². The van der Waals surface area contributed by atoms with E-state index in [9.17, 15) is 43.2 Å². The maximum absolute atomic E-state index is 12.6. The molecule has 21 heteroatoms. The van der Waals surface area contributed by atoms with Crippen LogP contribution in [-0.2, 0) is 65.4 Å². The molecule has 2 unspecified atom stereocenters. The highest BCUT2D eigenvalue weighted by atomic mass is 31.2. The van der Waals surface area contributed by atoms with E-state index in [0.29, 0.717) is 45.7 Å². The Kier molecular flexibility index (Phi) is 67.8. The molecule has 3 saturated carbocycles. The first-order valence-electron chi connectivity index (χ1n) is 52.1. The van der Waals surface area contributed by atoms with Crippen LogP contribution in [0.5, 0.6) is 0 Å². The van der Waals surface area contributed by atoms with Crippen molar-refractivity contribution in [2.45, 2.75) is 485 Å². The fourth-order valence-electron chi connectivity index (χ4n) is 19.6. The van der Waals surface area contributed by atoms with Crippen LogP contribution in [0.4, 0.5) is 0 Å². The third-order valence-corrected chi connectivity index (χ3v) is 29.5. The Hall–Kier alpha value is -2.28. The molecule has 4 aliphatic rings. The molecule has 19 nitrogen and oxygen atoms in total. The van der Waals surface area contributed by atoms with Gasteiger partial charge in [-0.25, -0.2) is 0 Å². The van der Waals surface area contributed by atoms with Gasteiger partial charge in [0.1, 0.15) is 39.5 Å². The summed E-state index contributed by atoms with van der Waals surface area (Å²) >= 11 is 0. The number of esters is 4. The van der Waals surface area contributed by atoms with E-state index in [4.69, 9.17) is 37.0 Å². The summed E-state index contributed by atoms with van der Waals surface area (Å²) in [7, 11) is 2.35. The van der Waals surface area contributed by atoms with Crippen LogP contribution in [-0.4, -0.2) is 151 Å². The lowest BCUT2D eigenvalue weighted by atomic mass is 9.47. The van der Waals surface area contributed by atoms with Crippen LogP contribution in [0.3, 0.4) is 0 Å². The van der Waals surface area contributed by atoms with Gasteiger partial charge in [-0.2, -0.15) is 0 Å². The highest BCUT2D eigenvalue weighted by Crippen LogP contribution is 2.67. The summed E-state index contributed by atoms with van der Waals surface area (Å²) in [5.74, 6) is 3.80. The van der Waals surface area contributed by atoms with Gasteiger partial charge in [-0.1, -0.05) is 376 Å². The van der Waals surface area contributed by atoms with Crippen molar-refractivity contribution < 1.29 is 89.2 Å². The number of aliphatic hydroxyl groups is 1. The second-order valence-corrected chi connectivity index (χ2v) is 44.3. The third kappa shape index (κ3) is 60.0. The van der Waals surface area contributed by atoms with E-state index in [2.05, 4.69) is 68.4 Å². The zero-order chi connectivity index (χ0) is 91.7. The molecular weight excluding hydrogens is 1600 g/mol. The van der Waals surface area contributed by atoms with Crippen LogP contribution >= 0.6 is 15.6 Å². The Morgan fingerprint density at radius 3 is 1.06 bits per heavy atom. The maximum Gasteiger partial charge on any atom is 0.306 e. The minimum absolute atomic E-state index is 0.0259. The average molecular weight is 1800 g/mol. The summed E-state index contributed by atoms with van der Waals surface area (Å²) in [6.07, 6.45) is 73.9. The van der Waals surface area contributed by atoms with E-state index in [1.54, 1.807) is 5.57 Å². The van der Waals surface area contributed by atoms with E-state index in [1.165, 1.54) is 289 Å². The van der Waals surface area contributed by atoms with Gasteiger partial charge in [-0.3, -0.25) is 28.3 Å². The number of quaternary nitrogens is 2. The second-order valence-electron chi connectivity index (χ2n) is 41.5. The first-order valence-corrected chi connectivity index (χ1v) is 55.0. The smallest absolute Gasteiger partial charge is 0.306 e. The van der Waals surface area contributed by atoms with Gasteiger partial charge in [0.05, 0.1) is 61.6 Å². The number of carbonyl (C=O) groups is 4. The molecule has 732 valence electrons. The van der Waals surface area contributed by atoms with Crippen LogP contribution in [0.25, 0.3) is 0 Å². The summed E-state index contributed by atoms with van der Waals surface area (Å²) < 4.78 is 67.5. The maximum atomic E-state index is 12.6. The quantitative estimate of drug-likeness (QED) is 0.0149. The number of ether oxygens (including phenoxy) is 4. The molecule has 0 bridgehead atoms. The second kappa shape index (κ2) is 71.4. The van der Waals surface area contributed by atoms with Gasteiger partial charge in [0.25, 0.3) is 15.6 Å². The molecule has 0 saturated heterocycles. The predicted octanol–water partition coefficient (Wildman–Crippen LogP) is 27.1. The SMILES string of the molecule is CC(C)CCC[C@@H](C)[C@H]1CC[C@H]2[C@@H]3CC=C4C[C@@H](O)CC[C@]4(C)[C@H]3CC[C@]12C.CCCCCCCCCCCCCC(=O)OC[C@H](COP(=O)([O-])OCC[N+](C)(C)C)OC(=O)CCCCCCCCCCCCC.CCCCCCCCCCCCCCCC(=O)OC[C@H](COP(=O)([O-])OCC[N+](C)(C)C)OC(=O)CCCCCCCCCCCCCCC. The Balaban J connectivity index is 0.000000651. The molecule has 124 heavy (non-hydrogen) atoms. The minimum Gasteiger partial charge on any atom is -0.756 e. The number of aliphatic hydroxyl groups excluding tert-OH is 1. The topological polar surface area (TPSA) is 243 Å². The molecule has 4 aliphatic carbocycles. The first-order chi connectivity index (χ1) is 59.2. The lowest BCUT2D eigenvalue weighted by molar-refractivity contribution is -0.870. The molecule has 0 heterocycles. The van der Waals surface area contributed by atoms with E-state index in [0.717, 1.165) is 113 Å². The summed E-state index contributed by atoms with van der Waals surface area (Å²) in [5.41, 5.74) is 2.60. The first kappa shape index (κ1) is 118. The summed E-state index contributed by atoms with van der Waals surface area (Å²) in [6, 6.07) is 0. The van der Waals surface area contributed by atoms with Crippen LogP contribution < -0.4 is 9.79 Å². The molecule has 0 amide bonds. The number of fused-ring (bicyclic) bond motifs is 5. The van der Waals surface area contributed by atoms with Crippen molar-refractivity contribution in [3.8, 4) is 0 Å². The van der Waals surface area contributed by atoms with Gasteiger partial charge >= 0.3 is 23.9 Å². The number of unbranched alkanes of at least 4 members (excludes halogenated alkanes) is 44. The van der Waals surface area contributed by atoms with Crippen LogP contribution in [0.15, 0.2) is 11.6 Å². The summed E-state index contributed by atoms with van der Waals surface area (Å²) in [5, 5.41) is 10.2. The van der Waals surface area contributed by atoms with Gasteiger partial charge in [0.15, 0.2) is 12.2 Å². The average Bonchev–Trinajstić information content (AvgIpc) is 1.45. The Morgan fingerprint density at radius 2 is 0.734 bits per heavy atom. The van der Waals surface area contributed by atoms with Crippen molar-refractivity contribution in [2.75, 3.05) is 95.0 Å². The number of allylic oxidation sites excluding steroid dienone is 1. The number of phosphoric acid groups is 2. The highest BCUT2D eigenvalue weighted by molar-refractivity contribution is 7.46. The normalized spacial score (nSPS) is 21.1. The number of hydrogen-bond donors (Lipinski definition) is 1. The molecular formula is C103H198N2O17P2. The largest absolute Gasteiger partial charge is 0.756 e. The molecule has 12 atom stereocenters. The molecule has 4 rings (SSSR count). The van der Waals surface area contributed by atoms with E-state index in [-0.39, 0.29) is 70.2 Å². The third-order valence-electron chi connectivity index (χ3n) is 27.5. The molecule has 0 radical (unpaired) electrons. The standard InChI is InChI=1S/C40H80NO8P.C36H72NO8P.C27H46O/c1-6-8-10-12-14-16-18-20-22-24-26-28-30-32-39(42)46-36-38(37-48-50(44,45)47-35-34-41(3,4)5)49-40(43)33-31-29-27-25-23-21-19-17-15-13-11-9-7-2;1-6-8-10-12-14-16-18-20-22-24-26-28-35(38)42-32-34(33-44-46(40,41)43-31-30-37(3,4)5)45-36(39)29-27-25-23-21-19-17-15-13-11-9-7-2;1-18(2)7-6-8-19(3)23-11-12-24-22-10-9-20-17-21(28)13-15-26(20,4)25(22)14-16-27(23,24)5/h38H,6-37H2,1-5H3;34H,6-33H2,1-5H3;9,18-19,21-25,28H,6-8,10-17H2,1-5H3/t38-;34-;19-,21+,22+,23-,24+,25+,26+,27-/m111/s1. The van der Waals surface area contributed by atoms with Crippen molar-refractivity contribution in [1.82, 2.24) is 0 Å². The van der Waals surface area contributed by atoms with Gasteiger partial charge < -0.3 is 60.9 Å². The fourth-order valence-corrected chi connectivity index (χ4v) is 21.1. The van der Waals surface area contributed by atoms with Gasteiger partial charge in [-0.15, -0.1) is 0 Å². The van der Waals surface area contributed by atoms with E-state index >= 15 is 0 Å². The van der Waals surface area contributed by atoms with Crippen LogP contribution in [0.1, 0.15) is 467 Å². The molecule has 0 aliphatic heterocycles. The zero-order valence-corrected chi connectivity index (χ0v) is 85.0. The molecule has 0 aromatic carbocycles. The van der Waals surface area contributed by atoms with Crippen molar-refractivity contribution in [1.29, 1.82) is 0 Å². The van der Waals surface area contributed by atoms with E-state index < -0.39 is 53.0 Å². The summed E-state index contributed by atoms with van der Waals surface area (Å²) in [4.78, 5) is 74.6. The lowest BCUT2D eigenvalue weighted by Gasteiger charge is -2.58. The minimum atomic E-state index is -4.61. The van der Waals surface area contributed by atoms with Crippen molar-refractivity contribution >= 4 is 39.5 Å². The number of carbonyl (C=O) groups excluding carboxylic acids is 4. The fraction of sp³-hybridized carbons (Fsp3) is 0.942. The van der Waals surface area contributed by atoms with Crippen LogP contribution in [0.2, 0.25) is 0 Å². The van der Waals surface area contributed by atoms with Gasteiger partial charge in [0.2, 0.25) is 0 Å². The van der Waals surface area contributed by atoms with Gasteiger partial charge in [0, 0.05) is 25.7 Å². The van der Waals surface area contributed by atoms with Crippen molar-refractivity contribution in [3.63, 3.8) is 0 Å². The lowest BCUT2D eigenvalue weighted by Crippen LogP contribution is -2.50. The van der Waals surface area contributed by atoms with E-state index in [1.807, 2.05) is 42.3 Å². The predicted molar refractivity (Wildman–Crippen MR) is 508 cm³/mol. The Morgan fingerprint density at radius 1 is 0.411 bits per heavy atom. The van der Waals surface area contributed by atoms with Crippen molar-refractivity contribution in [2.24, 2.45) is 46.3 Å². The molecule has 0 spiro atoms. The molecule has 1 N–H and O–H groups in total. The number of rotatable bonds is 77. The number of hydrogen-bond acceptors (Lipinski definition) is 17. The molecule has 3 fully saturated rings. The Bertz CT molecular complexity index is 2780. The molecule has 0 aromatic heterocycles. The zero-order valence-electron chi connectivity index (χ0n) is 83.2. The number of nitrogens with zero attached hydrogens (tertiary/aromatic N) is 2. The van der Waals surface area contributed by atoms with Gasteiger partial charge in [-0.05, 0) is 123 Å².